The fourth-order valence-corrected chi connectivity index (χ4v) is 1.69. The molecule has 0 aliphatic heterocycles. The second kappa shape index (κ2) is 6.62. The van der Waals surface area contributed by atoms with Gasteiger partial charge in [0.2, 0.25) is 0 Å². The van der Waals surface area contributed by atoms with Crippen LogP contribution < -0.4 is 0 Å². The minimum atomic E-state index is 0.817. The summed E-state index contributed by atoms with van der Waals surface area (Å²) in [4.78, 5) is 0. The van der Waals surface area contributed by atoms with Crippen LogP contribution in [0.1, 0.15) is 12.8 Å². The van der Waals surface area contributed by atoms with Crippen molar-refractivity contribution in [2.24, 2.45) is 0 Å². The molecule has 0 aliphatic rings. The summed E-state index contributed by atoms with van der Waals surface area (Å²) in [5.74, 6) is 0. The summed E-state index contributed by atoms with van der Waals surface area (Å²) in [5.41, 5.74) is 0. The third-order valence-corrected chi connectivity index (χ3v) is 3.09. The number of alkyl halides is 4. The lowest BCUT2D eigenvalue weighted by Crippen LogP contribution is -1.89. The Morgan fingerprint density at radius 3 is 1.12 bits per heavy atom. The molecule has 0 aromatic rings. The van der Waals surface area contributed by atoms with Crippen molar-refractivity contribution in [1.29, 1.82) is 0 Å². The van der Waals surface area contributed by atoms with E-state index in [-0.39, 0.29) is 0 Å². The molecule has 0 saturated carbocycles. The van der Waals surface area contributed by atoms with E-state index in [4.69, 9.17) is 0 Å². The van der Waals surface area contributed by atoms with Crippen LogP contribution in [0.4, 0.5) is 0 Å². The summed E-state index contributed by atoms with van der Waals surface area (Å²) in [6.45, 7) is 0. The van der Waals surface area contributed by atoms with Crippen LogP contribution >= 0.6 is 90.4 Å². The highest BCUT2D eigenvalue weighted by atomic mass is 127. The maximum Gasteiger partial charge on any atom is 0.0627 e. The average molecular weight is 562 g/mol. The van der Waals surface area contributed by atoms with Crippen LogP contribution in [-0.2, 0) is 0 Å². The number of hydrogen-bond donors (Lipinski definition) is 0. The molecule has 0 atom stereocenters. The van der Waals surface area contributed by atoms with Crippen molar-refractivity contribution < 1.29 is 0 Å². The maximum atomic E-state index is 2.46. The zero-order valence-corrected chi connectivity index (χ0v) is 12.7. The molecule has 0 rings (SSSR count). The van der Waals surface area contributed by atoms with Gasteiger partial charge in [-0.05, 0) is 12.8 Å². The van der Waals surface area contributed by atoms with E-state index in [9.17, 15) is 0 Å². The van der Waals surface area contributed by atoms with Gasteiger partial charge in [0, 0.05) is 0 Å². The Labute approximate surface area is 105 Å². The highest BCUT2D eigenvalue weighted by Crippen LogP contribution is 2.23. The Morgan fingerprint density at radius 2 is 1.00 bits per heavy atom. The van der Waals surface area contributed by atoms with E-state index in [2.05, 4.69) is 90.4 Å². The van der Waals surface area contributed by atoms with Crippen LogP contribution in [0.3, 0.4) is 0 Å². The first-order valence-corrected chi connectivity index (χ1v) is 7.17. The zero-order valence-electron chi connectivity index (χ0n) is 4.08. The molecule has 0 bridgehead atoms. The molecule has 0 radical (unpaired) electrons. The van der Waals surface area contributed by atoms with Gasteiger partial charge in [-0.15, -0.1) is 0 Å². The predicted molar refractivity (Wildman–Crippen MR) is 72.9 cm³/mol. The van der Waals surface area contributed by atoms with E-state index in [1.165, 1.54) is 12.8 Å². The normalized spacial score (nSPS) is 11.2. The molecule has 0 nitrogen and oxygen atoms in total. The van der Waals surface area contributed by atoms with Crippen molar-refractivity contribution in [3.8, 4) is 0 Å². The second-order valence-corrected chi connectivity index (χ2v) is 12.1. The summed E-state index contributed by atoms with van der Waals surface area (Å²) in [5, 5.41) is 0. The first-order valence-electron chi connectivity index (χ1n) is 2.19. The van der Waals surface area contributed by atoms with Gasteiger partial charge in [-0.3, -0.25) is 0 Å². The quantitative estimate of drug-likeness (QED) is 0.359. The molecule has 50 valence electrons. The van der Waals surface area contributed by atoms with E-state index in [1.807, 2.05) is 0 Å². The lowest BCUT2D eigenvalue weighted by atomic mass is 10.4. The largest absolute Gasteiger partial charge is 0.0710 e. The van der Waals surface area contributed by atoms with E-state index in [0.29, 0.717) is 0 Å². The van der Waals surface area contributed by atoms with Crippen LogP contribution in [0.2, 0.25) is 0 Å². The van der Waals surface area contributed by atoms with Gasteiger partial charge in [-0.1, -0.05) is 90.4 Å². The monoisotopic (exact) mass is 562 g/mol. The summed E-state index contributed by atoms with van der Waals surface area (Å²) >= 11 is 9.82. The van der Waals surface area contributed by atoms with Crippen molar-refractivity contribution in [3.63, 3.8) is 0 Å². The van der Waals surface area contributed by atoms with Crippen LogP contribution in [0, 0.1) is 0 Å². The fourth-order valence-electron chi connectivity index (χ4n) is 0.252. The standard InChI is InChI=1S/C4H6I4/c5-3(6)1-2-4(7)8/h3-4H,1-2H2. The second-order valence-electron chi connectivity index (χ2n) is 1.36. The Morgan fingerprint density at radius 1 is 0.750 bits per heavy atom. The Balaban J connectivity index is 2.93. The first kappa shape index (κ1) is 10.9. The molecule has 0 saturated heterocycles. The van der Waals surface area contributed by atoms with Crippen molar-refractivity contribution >= 4 is 90.4 Å². The summed E-state index contributed by atoms with van der Waals surface area (Å²) in [6.07, 6.45) is 2.69. The van der Waals surface area contributed by atoms with Gasteiger partial charge in [-0.2, -0.15) is 0 Å². The van der Waals surface area contributed by atoms with E-state index in [1.54, 1.807) is 0 Å². The third kappa shape index (κ3) is 8.92. The molecular weight excluding hydrogens is 556 g/mol. The summed E-state index contributed by atoms with van der Waals surface area (Å²) in [7, 11) is 0. The SMILES string of the molecule is IC(I)CCC(I)I. The fraction of sp³-hybridized carbons (Fsp3) is 1.00. The lowest BCUT2D eigenvalue weighted by Gasteiger charge is -2.00. The molecule has 0 aliphatic carbocycles. The van der Waals surface area contributed by atoms with E-state index >= 15 is 0 Å². The van der Waals surface area contributed by atoms with E-state index < -0.39 is 0 Å². The molecular formula is C4H6I4. The van der Waals surface area contributed by atoms with Crippen LogP contribution in [0.25, 0.3) is 0 Å². The Hall–Kier alpha value is 2.92. The minimum absolute atomic E-state index is 0.817. The van der Waals surface area contributed by atoms with Gasteiger partial charge in [-0.25, -0.2) is 0 Å². The molecule has 0 unspecified atom stereocenters. The topological polar surface area (TPSA) is 0 Å². The smallest absolute Gasteiger partial charge is 0.0627 e. The zero-order chi connectivity index (χ0) is 6.57. The van der Waals surface area contributed by atoms with Crippen LogP contribution in [0.15, 0.2) is 0 Å². The Bertz CT molecular complexity index is 44.0. The minimum Gasteiger partial charge on any atom is -0.0710 e. The van der Waals surface area contributed by atoms with Crippen molar-refractivity contribution in [2.75, 3.05) is 0 Å². The molecule has 0 fully saturated rings. The summed E-state index contributed by atoms with van der Waals surface area (Å²) < 4.78 is 1.63. The lowest BCUT2D eigenvalue weighted by molar-refractivity contribution is 0.906. The molecule has 8 heavy (non-hydrogen) atoms. The number of rotatable bonds is 3. The van der Waals surface area contributed by atoms with Crippen molar-refractivity contribution in [2.45, 2.75) is 16.7 Å². The molecule has 0 N–H and O–H groups in total. The predicted octanol–water partition coefficient (Wildman–Crippen LogP) is 4.16. The molecule has 0 aromatic heterocycles. The number of halogens is 4. The average Bonchev–Trinajstić information content (AvgIpc) is 1.61. The third-order valence-electron chi connectivity index (χ3n) is 0.603. The highest BCUT2D eigenvalue weighted by Gasteiger charge is 2.00. The molecule has 0 amide bonds. The maximum absolute atomic E-state index is 2.46. The van der Waals surface area contributed by atoms with Crippen molar-refractivity contribution in [1.82, 2.24) is 0 Å². The van der Waals surface area contributed by atoms with Gasteiger partial charge in [0.1, 0.15) is 0 Å². The summed E-state index contributed by atoms with van der Waals surface area (Å²) in [6, 6.07) is 0. The Kier molecular flexibility index (Phi) is 9.04. The first-order chi connectivity index (χ1) is 3.63. The van der Waals surface area contributed by atoms with Crippen LogP contribution in [0.5, 0.6) is 0 Å². The molecule has 0 heterocycles. The molecule has 0 spiro atoms. The molecule has 0 aromatic carbocycles. The number of hydrogen-bond acceptors (Lipinski definition) is 0. The van der Waals surface area contributed by atoms with Crippen LogP contribution in [-0.4, -0.2) is 3.86 Å². The van der Waals surface area contributed by atoms with Gasteiger partial charge >= 0.3 is 0 Å². The highest BCUT2D eigenvalue weighted by molar-refractivity contribution is 14.2. The van der Waals surface area contributed by atoms with Gasteiger partial charge in [0.15, 0.2) is 0 Å². The van der Waals surface area contributed by atoms with Gasteiger partial charge < -0.3 is 0 Å². The van der Waals surface area contributed by atoms with Gasteiger partial charge in [0.05, 0.1) is 3.86 Å². The van der Waals surface area contributed by atoms with Gasteiger partial charge in [0.25, 0.3) is 0 Å². The van der Waals surface area contributed by atoms with Crippen molar-refractivity contribution in [3.05, 3.63) is 0 Å². The van der Waals surface area contributed by atoms with E-state index in [0.717, 1.165) is 3.86 Å². The molecule has 4 heteroatoms.